The van der Waals surface area contributed by atoms with E-state index >= 15 is 0 Å². The van der Waals surface area contributed by atoms with Gasteiger partial charge in [0.25, 0.3) is 0 Å². The Labute approximate surface area is 175 Å². The molecule has 2 aromatic rings. The summed E-state index contributed by atoms with van der Waals surface area (Å²) >= 11 is 6.39. The van der Waals surface area contributed by atoms with Crippen molar-refractivity contribution in [3.63, 3.8) is 0 Å². The van der Waals surface area contributed by atoms with Crippen LogP contribution in [0.15, 0.2) is 36.4 Å². The highest BCUT2D eigenvalue weighted by molar-refractivity contribution is 6.31. The number of carbonyl (C=O) groups is 1. The predicted octanol–water partition coefficient (Wildman–Crippen LogP) is 3.87. The maximum absolute atomic E-state index is 13.1. The minimum atomic E-state index is -0.223. The third kappa shape index (κ3) is 4.65. The number of benzene rings is 2. The molecule has 2 aliphatic heterocycles. The summed E-state index contributed by atoms with van der Waals surface area (Å²) in [6, 6.07) is 10.5. The van der Waals surface area contributed by atoms with Gasteiger partial charge in [-0.2, -0.15) is 0 Å². The van der Waals surface area contributed by atoms with Crippen molar-refractivity contribution >= 4 is 17.5 Å². The van der Waals surface area contributed by atoms with Crippen molar-refractivity contribution in [1.82, 2.24) is 9.80 Å². The molecular weight excluding hydrogens is 395 g/mol. The number of carbonyl (C=O) groups excluding carboxylic acids is 1. The zero-order valence-corrected chi connectivity index (χ0v) is 17.1. The second-order valence-electron chi connectivity index (χ2n) is 7.58. The second-order valence-corrected chi connectivity index (χ2v) is 7.98. The van der Waals surface area contributed by atoms with Crippen LogP contribution in [0.4, 0.5) is 4.39 Å². The molecule has 5 nitrogen and oxygen atoms in total. The van der Waals surface area contributed by atoms with Gasteiger partial charge in [-0.25, -0.2) is 4.39 Å². The highest BCUT2D eigenvalue weighted by Crippen LogP contribution is 2.37. The standard InChI is InChI=1S/C22H24ClFN2O3/c1-15(10-16-2-4-18(24)5-3-16)25-7-6-22(27)26(9-8-25)13-17-11-20-21(12-19(17)23)29-14-28-20/h2-5,11-12,15H,6-10,13-14H2,1H3/t15-/m0/s1. The maximum Gasteiger partial charge on any atom is 0.231 e. The lowest BCUT2D eigenvalue weighted by molar-refractivity contribution is -0.130. The monoisotopic (exact) mass is 418 g/mol. The minimum Gasteiger partial charge on any atom is -0.454 e. The lowest BCUT2D eigenvalue weighted by Crippen LogP contribution is -2.38. The first kappa shape index (κ1) is 20.0. The quantitative estimate of drug-likeness (QED) is 0.739. The van der Waals surface area contributed by atoms with Gasteiger partial charge in [0.1, 0.15) is 5.82 Å². The summed E-state index contributed by atoms with van der Waals surface area (Å²) in [5.74, 6) is 1.21. The average molecular weight is 419 g/mol. The van der Waals surface area contributed by atoms with Crippen LogP contribution in [0.1, 0.15) is 24.5 Å². The smallest absolute Gasteiger partial charge is 0.231 e. The van der Waals surface area contributed by atoms with Gasteiger partial charge < -0.3 is 14.4 Å². The van der Waals surface area contributed by atoms with Crippen molar-refractivity contribution in [3.8, 4) is 11.5 Å². The number of ether oxygens (including phenoxy) is 2. The fraction of sp³-hybridized carbons (Fsp3) is 0.409. The molecule has 0 spiro atoms. The Kier molecular flexibility index (Phi) is 5.92. The zero-order chi connectivity index (χ0) is 20.4. The summed E-state index contributed by atoms with van der Waals surface area (Å²) in [4.78, 5) is 16.9. The third-order valence-corrected chi connectivity index (χ3v) is 5.95. The molecule has 1 fully saturated rings. The van der Waals surface area contributed by atoms with Crippen LogP contribution in [0.5, 0.6) is 11.5 Å². The molecular formula is C22H24ClFN2O3. The first-order valence-corrected chi connectivity index (χ1v) is 10.2. The van der Waals surface area contributed by atoms with Crippen molar-refractivity contribution in [1.29, 1.82) is 0 Å². The summed E-state index contributed by atoms with van der Waals surface area (Å²) in [6.07, 6.45) is 1.29. The maximum atomic E-state index is 13.1. The largest absolute Gasteiger partial charge is 0.454 e. The Morgan fingerprint density at radius 3 is 2.59 bits per heavy atom. The average Bonchev–Trinajstić information content (AvgIpc) is 3.07. The van der Waals surface area contributed by atoms with E-state index in [0.29, 0.717) is 42.6 Å². The molecule has 0 aliphatic carbocycles. The third-order valence-electron chi connectivity index (χ3n) is 5.59. The lowest BCUT2D eigenvalue weighted by atomic mass is 10.1. The highest BCUT2D eigenvalue weighted by Gasteiger charge is 2.25. The van der Waals surface area contributed by atoms with E-state index in [0.717, 1.165) is 24.1 Å². The van der Waals surface area contributed by atoms with Crippen LogP contribution in [0.25, 0.3) is 0 Å². The summed E-state index contributed by atoms with van der Waals surface area (Å²) < 4.78 is 23.9. The Hall–Kier alpha value is -2.31. The molecule has 1 saturated heterocycles. The van der Waals surface area contributed by atoms with Gasteiger partial charge in [0, 0.05) is 49.7 Å². The zero-order valence-electron chi connectivity index (χ0n) is 16.4. The van der Waals surface area contributed by atoms with Crippen LogP contribution in [-0.4, -0.2) is 48.2 Å². The number of amides is 1. The molecule has 2 aliphatic rings. The normalized spacial score (nSPS) is 18.0. The number of halogens is 2. The molecule has 0 bridgehead atoms. The van der Waals surface area contributed by atoms with Crippen LogP contribution >= 0.6 is 11.6 Å². The fourth-order valence-corrected chi connectivity index (χ4v) is 4.08. The van der Waals surface area contributed by atoms with Crippen molar-refractivity contribution in [2.24, 2.45) is 0 Å². The van der Waals surface area contributed by atoms with Crippen molar-refractivity contribution in [3.05, 3.63) is 58.4 Å². The van der Waals surface area contributed by atoms with Gasteiger partial charge in [0.2, 0.25) is 12.7 Å². The van der Waals surface area contributed by atoms with E-state index in [1.165, 1.54) is 12.1 Å². The number of nitrogens with zero attached hydrogens (tertiary/aromatic N) is 2. The molecule has 0 N–H and O–H groups in total. The molecule has 0 radical (unpaired) electrons. The molecule has 2 aromatic carbocycles. The van der Waals surface area contributed by atoms with Gasteiger partial charge in [0.15, 0.2) is 11.5 Å². The Bertz CT molecular complexity index is 890. The number of rotatable bonds is 5. The van der Waals surface area contributed by atoms with E-state index in [1.54, 1.807) is 6.07 Å². The van der Waals surface area contributed by atoms with Crippen LogP contribution in [0.2, 0.25) is 5.02 Å². The molecule has 154 valence electrons. The van der Waals surface area contributed by atoms with E-state index in [2.05, 4.69) is 11.8 Å². The Morgan fingerprint density at radius 1 is 1.10 bits per heavy atom. The van der Waals surface area contributed by atoms with E-state index in [-0.39, 0.29) is 24.6 Å². The van der Waals surface area contributed by atoms with Crippen molar-refractivity contribution < 1.29 is 18.7 Å². The molecule has 1 amide bonds. The fourth-order valence-electron chi connectivity index (χ4n) is 3.87. The summed E-state index contributed by atoms with van der Waals surface area (Å²) in [6.45, 7) is 4.94. The van der Waals surface area contributed by atoms with Crippen LogP contribution < -0.4 is 9.47 Å². The number of hydrogen-bond donors (Lipinski definition) is 0. The summed E-state index contributed by atoms with van der Waals surface area (Å²) in [7, 11) is 0. The molecule has 29 heavy (non-hydrogen) atoms. The van der Waals surface area contributed by atoms with Crippen LogP contribution in [0.3, 0.4) is 0 Å². The lowest BCUT2D eigenvalue weighted by Gasteiger charge is -2.28. The summed E-state index contributed by atoms with van der Waals surface area (Å²) in [5, 5.41) is 0.577. The molecule has 0 saturated carbocycles. The predicted molar refractivity (Wildman–Crippen MR) is 109 cm³/mol. The summed E-state index contributed by atoms with van der Waals surface area (Å²) in [5.41, 5.74) is 1.95. The van der Waals surface area contributed by atoms with Crippen molar-refractivity contribution in [2.45, 2.75) is 32.4 Å². The van der Waals surface area contributed by atoms with E-state index in [9.17, 15) is 9.18 Å². The van der Waals surface area contributed by atoms with Gasteiger partial charge in [-0.1, -0.05) is 23.7 Å². The first-order chi connectivity index (χ1) is 14.0. The van der Waals surface area contributed by atoms with E-state index < -0.39 is 0 Å². The van der Waals surface area contributed by atoms with Gasteiger partial charge in [-0.05, 0) is 42.7 Å². The topological polar surface area (TPSA) is 42.0 Å². The molecule has 7 heteroatoms. The first-order valence-electron chi connectivity index (χ1n) is 9.84. The number of hydrogen-bond acceptors (Lipinski definition) is 4. The SMILES string of the molecule is C[C@@H](Cc1ccc(F)cc1)N1CCC(=O)N(Cc2cc3c(cc2Cl)OCO3)CC1. The molecule has 0 unspecified atom stereocenters. The Morgan fingerprint density at radius 2 is 1.83 bits per heavy atom. The second kappa shape index (κ2) is 8.59. The van der Waals surface area contributed by atoms with E-state index in [4.69, 9.17) is 21.1 Å². The van der Waals surface area contributed by atoms with Gasteiger partial charge >= 0.3 is 0 Å². The molecule has 1 atom stereocenters. The molecule has 0 aromatic heterocycles. The minimum absolute atomic E-state index is 0.121. The van der Waals surface area contributed by atoms with Crippen molar-refractivity contribution in [2.75, 3.05) is 26.4 Å². The Balaban J connectivity index is 1.39. The highest BCUT2D eigenvalue weighted by atomic mass is 35.5. The van der Waals surface area contributed by atoms with Gasteiger partial charge in [-0.15, -0.1) is 0 Å². The van der Waals surface area contributed by atoms with Gasteiger partial charge in [-0.3, -0.25) is 9.69 Å². The number of fused-ring (bicyclic) bond motifs is 1. The van der Waals surface area contributed by atoms with E-state index in [1.807, 2.05) is 23.1 Å². The van der Waals surface area contributed by atoms with Crippen LogP contribution in [0, 0.1) is 5.82 Å². The van der Waals surface area contributed by atoms with Crippen LogP contribution in [-0.2, 0) is 17.8 Å². The molecule has 4 rings (SSSR count). The molecule has 2 heterocycles. The van der Waals surface area contributed by atoms with Gasteiger partial charge in [0.05, 0.1) is 0 Å².